The van der Waals surface area contributed by atoms with Crippen molar-refractivity contribution in [2.24, 2.45) is 5.41 Å². The van der Waals surface area contributed by atoms with Crippen molar-refractivity contribution in [1.82, 2.24) is 15.1 Å². The molecule has 1 aromatic rings. The van der Waals surface area contributed by atoms with Crippen LogP contribution in [-0.4, -0.2) is 47.9 Å². The third-order valence-electron chi connectivity index (χ3n) is 5.81. The molecule has 1 N–H and O–H groups in total. The van der Waals surface area contributed by atoms with Crippen LogP contribution in [0.3, 0.4) is 0 Å². The van der Waals surface area contributed by atoms with Gasteiger partial charge in [0, 0.05) is 44.6 Å². The Morgan fingerprint density at radius 2 is 2.15 bits per heavy atom. The van der Waals surface area contributed by atoms with Crippen LogP contribution in [0.15, 0.2) is 24.3 Å². The normalized spacial score (nSPS) is 23.0. The summed E-state index contributed by atoms with van der Waals surface area (Å²) in [6.45, 7) is 5.47. The summed E-state index contributed by atoms with van der Waals surface area (Å²) in [7, 11) is 0. The van der Waals surface area contributed by atoms with Crippen LogP contribution in [0.1, 0.15) is 51.0 Å². The molecule has 2 saturated heterocycles. The number of piperidine rings is 2. The summed E-state index contributed by atoms with van der Waals surface area (Å²) >= 11 is 0. The summed E-state index contributed by atoms with van der Waals surface area (Å²) in [5, 5.41) is 2.91. The summed E-state index contributed by atoms with van der Waals surface area (Å²) in [6, 6.07) is 6.19. The lowest BCUT2D eigenvalue weighted by Crippen LogP contribution is -2.56. The smallest absolute Gasteiger partial charge is 0.317 e. The molecule has 3 rings (SSSR count). The van der Waals surface area contributed by atoms with E-state index in [2.05, 4.69) is 12.2 Å². The van der Waals surface area contributed by atoms with Gasteiger partial charge >= 0.3 is 6.03 Å². The van der Waals surface area contributed by atoms with Gasteiger partial charge in [0.05, 0.1) is 0 Å². The van der Waals surface area contributed by atoms with E-state index in [1.807, 2.05) is 9.80 Å². The molecule has 2 fully saturated rings. The van der Waals surface area contributed by atoms with E-state index in [-0.39, 0.29) is 23.2 Å². The minimum Gasteiger partial charge on any atom is -0.342 e. The van der Waals surface area contributed by atoms with E-state index in [0.29, 0.717) is 19.5 Å². The van der Waals surface area contributed by atoms with Gasteiger partial charge in [0.2, 0.25) is 5.91 Å². The average Bonchev–Trinajstić information content (AvgIpc) is 2.67. The van der Waals surface area contributed by atoms with Crippen LogP contribution >= 0.6 is 0 Å². The molecule has 6 heteroatoms. The second kappa shape index (κ2) is 8.72. The molecule has 3 amide bonds. The first-order chi connectivity index (χ1) is 13.0. The molecule has 27 heavy (non-hydrogen) atoms. The fourth-order valence-electron chi connectivity index (χ4n) is 4.31. The Morgan fingerprint density at radius 3 is 2.93 bits per heavy atom. The van der Waals surface area contributed by atoms with Crippen LogP contribution in [0.25, 0.3) is 0 Å². The van der Waals surface area contributed by atoms with Gasteiger partial charge in [0.15, 0.2) is 0 Å². The van der Waals surface area contributed by atoms with Crippen molar-refractivity contribution >= 4 is 11.9 Å². The van der Waals surface area contributed by atoms with Crippen molar-refractivity contribution in [2.75, 3.05) is 26.2 Å². The maximum Gasteiger partial charge on any atom is 0.317 e. The summed E-state index contributed by atoms with van der Waals surface area (Å²) in [6.07, 6.45) is 5.58. The Balaban J connectivity index is 1.58. The molecule has 0 radical (unpaired) electrons. The van der Waals surface area contributed by atoms with Crippen molar-refractivity contribution in [1.29, 1.82) is 0 Å². The number of rotatable bonds is 5. The zero-order chi connectivity index (χ0) is 19.3. The second-order valence-electron chi connectivity index (χ2n) is 7.98. The highest BCUT2D eigenvalue weighted by atomic mass is 19.1. The van der Waals surface area contributed by atoms with Gasteiger partial charge in [-0.15, -0.1) is 0 Å². The first-order valence-electron chi connectivity index (χ1n) is 10.1. The summed E-state index contributed by atoms with van der Waals surface area (Å²) < 4.78 is 13.3. The number of carbonyl (C=O) groups excluding carboxylic acids is 2. The van der Waals surface area contributed by atoms with Gasteiger partial charge in [-0.25, -0.2) is 9.18 Å². The number of hydrogen-bond acceptors (Lipinski definition) is 2. The van der Waals surface area contributed by atoms with Gasteiger partial charge in [0.1, 0.15) is 5.82 Å². The van der Waals surface area contributed by atoms with Gasteiger partial charge in [-0.3, -0.25) is 4.79 Å². The van der Waals surface area contributed by atoms with Gasteiger partial charge in [-0.1, -0.05) is 25.5 Å². The average molecular weight is 375 g/mol. The lowest BCUT2D eigenvalue weighted by atomic mass is 9.73. The summed E-state index contributed by atoms with van der Waals surface area (Å²) in [4.78, 5) is 28.7. The molecule has 0 aliphatic carbocycles. The second-order valence-corrected chi connectivity index (χ2v) is 7.98. The van der Waals surface area contributed by atoms with Crippen LogP contribution in [0.2, 0.25) is 0 Å². The molecule has 5 nitrogen and oxygen atoms in total. The van der Waals surface area contributed by atoms with Crippen LogP contribution in [0, 0.1) is 11.2 Å². The van der Waals surface area contributed by atoms with E-state index < -0.39 is 0 Å². The molecule has 2 aliphatic heterocycles. The third-order valence-corrected chi connectivity index (χ3v) is 5.81. The molecule has 2 aliphatic rings. The molecule has 0 unspecified atom stereocenters. The van der Waals surface area contributed by atoms with E-state index in [0.717, 1.165) is 57.3 Å². The van der Waals surface area contributed by atoms with E-state index in [1.165, 1.54) is 12.1 Å². The largest absolute Gasteiger partial charge is 0.342 e. The maximum absolute atomic E-state index is 13.3. The zero-order valence-corrected chi connectivity index (χ0v) is 16.2. The monoisotopic (exact) mass is 375 g/mol. The number of halogens is 1. The Kier molecular flexibility index (Phi) is 6.34. The van der Waals surface area contributed by atoms with Gasteiger partial charge in [0.25, 0.3) is 0 Å². The van der Waals surface area contributed by atoms with Gasteiger partial charge < -0.3 is 15.1 Å². The molecule has 2 heterocycles. The van der Waals surface area contributed by atoms with Crippen LogP contribution in [0.4, 0.5) is 9.18 Å². The van der Waals surface area contributed by atoms with Crippen LogP contribution in [0.5, 0.6) is 0 Å². The highest BCUT2D eigenvalue weighted by molar-refractivity contribution is 5.77. The number of unbranched alkanes of at least 4 members (excludes halogenated alkanes) is 1. The number of hydrogen-bond donors (Lipinski definition) is 1. The molecule has 0 saturated carbocycles. The van der Waals surface area contributed by atoms with Crippen LogP contribution < -0.4 is 5.32 Å². The number of benzene rings is 1. The standard InChI is InChI=1S/C21H30FN3O2/c1-2-3-11-24-15-21(10-8-19(24)26)9-5-12-25(16-21)20(27)23-14-17-6-4-7-18(22)13-17/h4,6-7,13H,2-3,5,8-12,14-16H2,1H3,(H,23,27)/t21-/m0/s1. The number of carbonyl (C=O) groups is 2. The lowest BCUT2D eigenvalue weighted by Gasteiger charge is -2.48. The van der Waals surface area contributed by atoms with E-state index in [1.54, 1.807) is 12.1 Å². The number of nitrogens with zero attached hydrogens (tertiary/aromatic N) is 2. The van der Waals surface area contributed by atoms with Crippen molar-refractivity contribution < 1.29 is 14.0 Å². The van der Waals surface area contributed by atoms with Crippen molar-refractivity contribution in [3.05, 3.63) is 35.6 Å². The Labute approximate surface area is 160 Å². The summed E-state index contributed by atoms with van der Waals surface area (Å²) in [5.74, 6) is -0.0422. The van der Waals surface area contributed by atoms with Crippen molar-refractivity contribution in [3.63, 3.8) is 0 Å². The highest BCUT2D eigenvalue weighted by Crippen LogP contribution is 2.39. The van der Waals surface area contributed by atoms with Gasteiger partial charge in [-0.05, 0) is 43.4 Å². The van der Waals surface area contributed by atoms with E-state index in [9.17, 15) is 14.0 Å². The van der Waals surface area contributed by atoms with E-state index >= 15 is 0 Å². The first-order valence-corrected chi connectivity index (χ1v) is 10.1. The summed E-state index contributed by atoms with van der Waals surface area (Å²) in [5.41, 5.74) is 0.778. The number of amides is 3. The predicted octanol–water partition coefficient (Wildman–Crippen LogP) is 3.54. The van der Waals surface area contributed by atoms with Crippen LogP contribution in [-0.2, 0) is 11.3 Å². The first kappa shape index (κ1) is 19.6. The molecular formula is C21H30FN3O2. The lowest BCUT2D eigenvalue weighted by molar-refractivity contribution is -0.139. The Hall–Kier alpha value is -2.11. The highest BCUT2D eigenvalue weighted by Gasteiger charge is 2.42. The minimum atomic E-state index is -0.294. The molecule has 1 spiro atoms. The maximum atomic E-state index is 13.3. The molecule has 1 atom stereocenters. The fourth-order valence-corrected chi connectivity index (χ4v) is 4.31. The minimum absolute atomic E-state index is 0.0239. The molecular weight excluding hydrogens is 345 g/mol. The van der Waals surface area contributed by atoms with Crippen molar-refractivity contribution in [2.45, 2.75) is 52.0 Å². The fraction of sp³-hybridized carbons (Fsp3) is 0.619. The topological polar surface area (TPSA) is 52.6 Å². The molecule has 148 valence electrons. The van der Waals surface area contributed by atoms with Gasteiger partial charge in [-0.2, -0.15) is 0 Å². The zero-order valence-electron chi connectivity index (χ0n) is 16.2. The number of nitrogens with one attached hydrogen (secondary N) is 1. The van der Waals surface area contributed by atoms with E-state index in [4.69, 9.17) is 0 Å². The molecule has 1 aromatic carbocycles. The molecule has 0 bridgehead atoms. The predicted molar refractivity (Wildman–Crippen MR) is 103 cm³/mol. The number of likely N-dealkylation sites (tertiary alicyclic amines) is 2. The number of urea groups is 1. The molecule has 0 aromatic heterocycles. The third kappa shape index (κ3) is 4.99. The SMILES string of the molecule is CCCCN1C[C@]2(CCCN(C(=O)NCc3cccc(F)c3)C2)CCC1=O. The Morgan fingerprint density at radius 1 is 1.30 bits per heavy atom. The Bertz CT molecular complexity index is 681. The van der Waals surface area contributed by atoms with Crippen molar-refractivity contribution in [3.8, 4) is 0 Å². The quantitative estimate of drug-likeness (QED) is 0.856.